The zero-order valence-corrected chi connectivity index (χ0v) is 14.9. The summed E-state index contributed by atoms with van der Waals surface area (Å²) in [5.41, 5.74) is 1.99. The molecule has 1 aliphatic heterocycles. The quantitative estimate of drug-likeness (QED) is 0.819. The Morgan fingerprint density at radius 1 is 1.23 bits per heavy atom. The average Bonchev–Trinajstić information content (AvgIpc) is 2.89. The van der Waals surface area contributed by atoms with E-state index in [9.17, 15) is 18.8 Å². The summed E-state index contributed by atoms with van der Waals surface area (Å²) in [5, 5.41) is 2.05. The Labute approximate surface area is 154 Å². The summed E-state index contributed by atoms with van der Waals surface area (Å²) >= 11 is 1.13. The van der Waals surface area contributed by atoms with Crippen LogP contribution in [-0.2, 0) is 14.4 Å². The Morgan fingerprint density at radius 3 is 2.65 bits per heavy atom. The normalized spacial score (nSPS) is 16.8. The molecule has 134 valence electrons. The van der Waals surface area contributed by atoms with E-state index in [0.29, 0.717) is 11.4 Å². The number of hydrogen-bond donors (Lipinski definition) is 1. The maximum Gasteiger partial charge on any atom is 0.247 e. The average molecular weight is 372 g/mol. The van der Waals surface area contributed by atoms with Gasteiger partial charge >= 0.3 is 0 Å². The van der Waals surface area contributed by atoms with Gasteiger partial charge in [0.25, 0.3) is 0 Å². The second kappa shape index (κ2) is 7.70. The van der Waals surface area contributed by atoms with Crippen LogP contribution >= 0.6 is 11.8 Å². The highest BCUT2D eigenvalue weighted by atomic mass is 32.2. The fourth-order valence-corrected chi connectivity index (χ4v) is 3.61. The van der Waals surface area contributed by atoms with Gasteiger partial charge in [-0.05, 0) is 48.9 Å². The summed E-state index contributed by atoms with van der Waals surface area (Å²) in [7, 11) is 0. The van der Waals surface area contributed by atoms with Crippen molar-refractivity contribution in [3.63, 3.8) is 0 Å². The first kappa shape index (κ1) is 18.1. The summed E-state index contributed by atoms with van der Waals surface area (Å²) in [6.45, 7) is 1.89. The van der Waals surface area contributed by atoms with Gasteiger partial charge in [-0.3, -0.25) is 14.4 Å². The van der Waals surface area contributed by atoms with Gasteiger partial charge < -0.3 is 5.32 Å². The van der Waals surface area contributed by atoms with Crippen molar-refractivity contribution in [3.8, 4) is 0 Å². The minimum absolute atomic E-state index is 0.0305. The number of carbonyl (C=O) groups is 3. The molecular weight excluding hydrogens is 355 g/mol. The molecule has 7 heteroatoms. The van der Waals surface area contributed by atoms with Gasteiger partial charge in [-0.25, -0.2) is 9.29 Å². The molecular formula is C19H17FN2O3S. The molecule has 2 aromatic rings. The minimum Gasteiger partial charge on any atom is -0.325 e. The van der Waals surface area contributed by atoms with Crippen LogP contribution in [0.5, 0.6) is 0 Å². The zero-order chi connectivity index (χ0) is 18.7. The van der Waals surface area contributed by atoms with E-state index < -0.39 is 5.25 Å². The smallest absolute Gasteiger partial charge is 0.247 e. The number of nitrogens with one attached hydrogen (secondary N) is 1. The first-order valence-corrected chi connectivity index (χ1v) is 9.09. The molecule has 3 amide bonds. The van der Waals surface area contributed by atoms with Crippen LogP contribution in [0.15, 0.2) is 48.5 Å². The maximum absolute atomic E-state index is 12.9. The number of thioether (sulfide) groups is 1. The fraction of sp³-hybridized carbons (Fsp3) is 0.211. The van der Waals surface area contributed by atoms with Crippen molar-refractivity contribution in [1.29, 1.82) is 0 Å². The van der Waals surface area contributed by atoms with Gasteiger partial charge in [0.05, 0.1) is 16.7 Å². The van der Waals surface area contributed by atoms with E-state index in [0.717, 1.165) is 17.3 Å². The van der Waals surface area contributed by atoms with E-state index in [1.807, 2.05) is 13.0 Å². The number of rotatable bonds is 5. The lowest BCUT2D eigenvalue weighted by Crippen LogP contribution is -2.31. The lowest BCUT2D eigenvalue weighted by molar-refractivity contribution is -0.121. The third-order valence-corrected chi connectivity index (χ3v) is 5.11. The topological polar surface area (TPSA) is 66.5 Å². The van der Waals surface area contributed by atoms with Crippen LogP contribution < -0.4 is 10.2 Å². The highest BCUT2D eigenvalue weighted by Gasteiger charge is 2.40. The molecule has 2 aromatic carbocycles. The number of benzene rings is 2. The first-order chi connectivity index (χ1) is 12.4. The molecule has 1 fully saturated rings. The van der Waals surface area contributed by atoms with Crippen LogP contribution in [0.4, 0.5) is 15.8 Å². The zero-order valence-electron chi connectivity index (χ0n) is 14.1. The third kappa shape index (κ3) is 4.11. The van der Waals surface area contributed by atoms with Crippen molar-refractivity contribution in [2.75, 3.05) is 16.0 Å². The Hall–Kier alpha value is -2.67. The number of nitrogens with zero attached hydrogens (tertiary/aromatic N) is 1. The second-order valence-corrected chi connectivity index (χ2v) is 7.16. The summed E-state index contributed by atoms with van der Waals surface area (Å²) in [4.78, 5) is 38.0. The molecule has 1 aliphatic rings. The molecule has 0 saturated carbocycles. The van der Waals surface area contributed by atoms with Crippen molar-refractivity contribution >= 4 is 40.9 Å². The number of halogens is 1. The first-order valence-electron chi connectivity index (χ1n) is 8.04. The highest BCUT2D eigenvalue weighted by Crippen LogP contribution is 2.30. The molecule has 3 rings (SSSR count). The molecule has 1 heterocycles. The van der Waals surface area contributed by atoms with Gasteiger partial charge in [-0.1, -0.05) is 12.1 Å². The lowest BCUT2D eigenvalue weighted by atomic mass is 10.2. The van der Waals surface area contributed by atoms with E-state index in [1.165, 1.54) is 29.2 Å². The van der Waals surface area contributed by atoms with Crippen LogP contribution in [0.1, 0.15) is 12.0 Å². The van der Waals surface area contributed by atoms with Crippen LogP contribution in [0, 0.1) is 12.7 Å². The molecule has 0 aliphatic carbocycles. The van der Waals surface area contributed by atoms with Gasteiger partial charge in [0.1, 0.15) is 5.82 Å². The summed E-state index contributed by atoms with van der Waals surface area (Å²) in [5.74, 6) is -1.24. The molecule has 26 heavy (non-hydrogen) atoms. The molecule has 1 atom stereocenters. The maximum atomic E-state index is 12.9. The molecule has 5 nitrogen and oxygen atoms in total. The standard InChI is InChI=1S/C19H17FN2O3S/c1-12-3-2-4-15(9-12)22-18(24)10-16(19(22)25)26-11-17(23)21-14-7-5-13(20)6-8-14/h2-9,16H,10-11H2,1H3,(H,21,23)/t16-/m0/s1. The number of imide groups is 1. The number of aryl methyl sites for hydroxylation is 1. The summed E-state index contributed by atoms with van der Waals surface area (Å²) < 4.78 is 12.9. The molecule has 0 unspecified atom stereocenters. The van der Waals surface area contributed by atoms with Crippen molar-refractivity contribution in [2.24, 2.45) is 0 Å². The van der Waals surface area contributed by atoms with Crippen molar-refractivity contribution in [3.05, 3.63) is 59.9 Å². The van der Waals surface area contributed by atoms with Crippen molar-refractivity contribution < 1.29 is 18.8 Å². The molecule has 0 spiro atoms. The van der Waals surface area contributed by atoms with E-state index >= 15 is 0 Å². The predicted molar refractivity (Wildman–Crippen MR) is 99.6 cm³/mol. The van der Waals surface area contributed by atoms with Gasteiger partial charge in [0.2, 0.25) is 17.7 Å². The SMILES string of the molecule is Cc1cccc(N2C(=O)C[C@H](SCC(=O)Nc3ccc(F)cc3)C2=O)c1. The number of anilines is 2. The van der Waals surface area contributed by atoms with Gasteiger partial charge in [0, 0.05) is 12.1 Å². The van der Waals surface area contributed by atoms with Crippen LogP contribution in [0.25, 0.3) is 0 Å². The van der Waals surface area contributed by atoms with Crippen molar-refractivity contribution in [2.45, 2.75) is 18.6 Å². The molecule has 0 aromatic heterocycles. The van der Waals surface area contributed by atoms with Gasteiger partial charge in [-0.15, -0.1) is 11.8 Å². The Kier molecular flexibility index (Phi) is 5.37. The number of amides is 3. The summed E-state index contributed by atoms with van der Waals surface area (Å²) in [6.07, 6.45) is 0.0707. The minimum atomic E-state index is -0.581. The fourth-order valence-electron chi connectivity index (χ4n) is 2.68. The van der Waals surface area contributed by atoms with Crippen LogP contribution in [0.3, 0.4) is 0 Å². The molecule has 0 radical (unpaired) electrons. The third-order valence-electron chi connectivity index (χ3n) is 3.91. The Morgan fingerprint density at radius 2 is 1.96 bits per heavy atom. The van der Waals surface area contributed by atoms with Crippen LogP contribution in [0.2, 0.25) is 0 Å². The Balaban J connectivity index is 1.59. The van der Waals surface area contributed by atoms with Crippen molar-refractivity contribution in [1.82, 2.24) is 0 Å². The van der Waals surface area contributed by atoms with E-state index in [1.54, 1.807) is 18.2 Å². The lowest BCUT2D eigenvalue weighted by Gasteiger charge is -2.15. The second-order valence-electron chi connectivity index (χ2n) is 5.97. The summed E-state index contributed by atoms with van der Waals surface area (Å²) in [6, 6.07) is 12.6. The van der Waals surface area contributed by atoms with Gasteiger partial charge in [0.15, 0.2) is 0 Å². The van der Waals surface area contributed by atoms with Crippen LogP contribution in [-0.4, -0.2) is 28.7 Å². The molecule has 1 saturated heterocycles. The number of carbonyl (C=O) groups excluding carboxylic acids is 3. The van der Waals surface area contributed by atoms with E-state index in [2.05, 4.69) is 5.32 Å². The predicted octanol–water partition coefficient (Wildman–Crippen LogP) is 3.14. The van der Waals surface area contributed by atoms with E-state index in [4.69, 9.17) is 0 Å². The molecule has 0 bridgehead atoms. The Bertz CT molecular complexity index is 854. The highest BCUT2D eigenvalue weighted by molar-refractivity contribution is 8.01. The number of hydrogen-bond acceptors (Lipinski definition) is 4. The van der Waals surface area contributed by atoms with Gasteiger partial charge in [-0.2, -0.15) is 0 Å². The monoisotopic (exact) mass is 372 g/mol. The largest absolute Gasteiger partial charge is 0.325 e. The van der Waals surface area contributed by atoms with E-state index in [-0.39, 0.29) is 35.7 Å². The molecule has 1 N–H and O–H groups in total.